The van der Waals surface area contributed by atoms with Crippen molar-refractivity contribution in [2.24, 2.45) is 5.41 Å². The Morgan fingerprint density at radius 3 is 2.53 bits per heavy atom. The first-order valence-electron chi connectivity index (χ1n) is 6.28. The van der Waals surface area contributed by atoms with Crippen LogP contribution in [0, 0.1) is 18.2 Å². The van der Waals surface area contributed by atoms with Gasteiger partial charge in [0.1, 0.15) is 5.82 Å². The molecule has 2 heteroatoms. The molecule has 0 aromatic heterocycles. The molecule has 17 heavy (non-hydrogen) atoms. The van der Waals surface area contributed by atoms with Crippen molar-refractivity contribution in [3.63, 3.8) is 0 Å². The zero-order valence-electron chi connectivity index (χ0n) is 11.6. The number of benzene rings is 1. The Kier molecular flexibility index (Phi) is 4.70. The molecule has 0 bridgehead atoms. The van der Waals surface area contributed by atoms with E-state index in [0.717, 1.165) is 18.5 Å². The third-order valence-corrected chi connectivity index (χ3v) is 2.97. The van der Waals surface area contributed by atoms with E-state index in [-0.39, 0.29) is 11.2 Å². The highest BCUT2D eigenvalue weighted by Crippen LogP contribution is 2.23. The number of rotatable bonds is 5. The summed E-state index contributed by atoms with van der Waals surface area (Å²) < 4.78 is 13.2. The van der Waals surface area contributed by atoms with Gasteiger partial charge in [-0.3, -0.25) is 0 Å². The topological polar surface area (TPSA) is 12.0 Å². The molecule has 1 aromatic rings. The highest BCUT2D eigenvalue weighted by molar-refractivity contribution is 5.27. The van der Waals surface area contributed by atoms with Crippen molar-refractivity contribution < 1.29 is 4.39 Å². The summed E-state index contributed by atoms with van der Waals surface area (Å²) in [6.07, 6.45) is 0.899. The summed E-state index contributed by atoms with van der Waals surface area (Å²) in [5.41, 5.74) is 2.42. The molecule has 0 aliphatic carbocycles. The van der Waals surface area contributed by atoms with Gasteiger partial charge in [-0.15, -0.1) is 0 Å². The van der Waals surface area contributed by atoms with Gasteiger partial charge in [-0.2, -0.15) is 0 Å². The molecule has 96 valence electrons. The van der Waals surface area contributed by atoms with Crippen molar-refractivity contribution in [2.45, 2.75) is 47.1 Å². The monoisotopic (exact) mass is 237 g/mol. The summed E-state index contributed by atoms with van der Waals surface area (Å²) in [5, 5.41) is 3.45. The van der Waals surface area contributed by atoms with Gasteiger partial charge in [0.05, 0.1) is 0 Å². The number of hydrogen-bond donors (Lipinski definition) is 1. The quantitative estimate of drug-likeness (QED) is 0.823. The molecular weight excluding hydrogens is 213 g/mol. The predicted molar refractivity (Wildman–Crippen MR) is 71.8 cm³/mol. The lowest BCUT2D eigenvalue weighted by Gasteiger charge is -2.27. The Morgan fingerprint density at radius 2 is 1.94 bits per heavy atom. The van der Waals surface area contributed by atoms with Crippen LogP contribution in [0.5, 0.6) is 0 Å². The molecule has 0 saturated heterocycles. The first-order chi connectivity index (χ1) is 7.80. The molecule has 1 nitrogen and oxygen atoms in total. The number of hydrogen-bond acceptors (Lipinski definition) is 1. The lowest BCUT2D eigenvalue weighted by molar-refractivity contribution is 0.325. The molecule has 1 aromatic carbocycles. The average molecular weight is 237 g/mol. The van der Waals surface area contributed by atoms with E-state index in [4.69, 9.17) is 0 Å². The highest BCUT2D eigenvalue weighted by Gasteiger charge is 2.19. The third kappa shape index (κ3) is 4.86. The minimum absolute atomic E-state index is 0.141. The molecule has 0 heterocycles. The van der Waals surface area contributed by atoms with Gasteiger partial charge in [-0.25, -0.2) is 4.39 Å². The summed E-state index contributed by atoms with van der Waals surface area (Å²) in [4.78, 5) is 0. The maximum atomic E-state index is 13.2. The summed E-state index contributed by atoms with van der Waals surface area (Å²) in [6.45, 7) is 11.7. The molecule has 0 fully saturated rings. The second kappa shape index (κ2) is 5.63. The van der Waals surface area contributed by atoms with Crippen LogP contribution in [0.2, 0.25) is 0 Å². The second-order valence-corrected chi connectivity index (χ2v) is 5.95. The predicted octanol–water partition coefficient (Wildman–Crippen LogP) is 3.70. The first kappa shape index (κ1) is 14.2. The fourth-order valence-electron chi connectivity index (χ4n) is 1.89. The maximum Gasteiger partial charge on any atom is 0.123 e. The van der Waals surface area contributed by atoms with Gasteiger partial charge >= 0.3 is 0 Å². The summed E-state index contributed by atoms with van der Waals surface area (Å²) in [6, 6.07) is 5.53. The van der Waals surface area contributed by atoms with Gasteiger partial charge in [-0.05, 0) is 42.0 Å². The zero-order chi connectivity index (χ0) is 13.1. The molecule has 0 radical (unpaired) electrons. The SMILES string of the molecule is Cc1ccc(F)cc1CC(C)(C)CNC(C)C. The fraction of sp³-hybridized carbons (Fsp3) is 0.600. The maximum absolute atomic E-state index is 13.2. The van der Waals surface area contributed by atoms with Gasteiger partial charge in [0.2, 0.25) is 0 Å². The van der Waals surface area contributed by atoms with Crippen LogP contribution in [0.4, 0.5) is 4.39 Å². The van der Waals surface area contributed by atoms with Crippen LogP contribution in [0.3, 0.4) is 0 Å². The van der Waals surface area contributed by atoms with Crippen molar-refractivity contribution in [1.82, 2.24) is 5.32 Å². The number of nitrogens with one attached hydrogen (secondary N) is 1. The van der Waals surface area contributed by atoms with E-state index in [9.17, 15) is 4.39 Å². The Balaban J connectivity index is 2.71. The Labute approximate surface area is 104 Å². The molecule has 0 aliphatic rings. The molecular formula is C15H24FN. The third-order valence-electron chi connectivity index (χ3n) is 2.97. The summed E-state index contributed by atoms with van der Waals surface area (Å²) in [5.74, 6) is -0.141. The van der Waals surface area contributed by atoms with Crippen molar-refractivity contribution >= 4 is 0 Å². The normalized spacial score (nSPS) is 12.2. The van der Waals surface area contributed by atoms with Crippen LogP contribution in [0.1, 0.15) is 38.8 Å². The van der Waals surface area contributed by atoms with E-state index < -0.39 is 0 Å². The average Bonchev–Trinajstić information content (AvgIpc) is 2.20. The summed E-state index contributed by atoms with van der Waals surface area (Å²) >= 11 is 0. The molecule has 1 N–H and O–H groups in total. The van der Waals surface area contributed by atoms with Crippen molar-refractivity contribution in [2.75, 3.05) is 6.54 Å². The van der Waals surface area contributed by atoms with Crippen molar-refractivity contribution in [3.05, 3.63) is 35.1 Å². The highest BCUT2D eigenvalue weighted by atomic mass is 19.1. The minimum atomic E-state index is -0.141. The molecule has 0 saturated carbocycles. The summed E-state index contributed by atoms with van der Waals surface area (Å²) in [7, 11) is 0. The lowest BCUT2D eigenvalue weighted by Crippen LogP contribution is -2.35. The fourth-order valence-corrected chi connectivity index (χ4v) is 1.89. The van der Waals surface area contributed by atoms with Gasteiger partial charge in [0.15, 0.2) is 0 Å². The van der Waals surface area contributed by atoms with Crippen LogP contribution in [-0.4, -0.2) is 12.6 Å². The van der Waals surface area contributed by atoms with Crippen LogP contribution in [0.15, 0.2) is 18.2 Å². The van der Waals surface area contributed by atoms with Crippen molar-refractivity contribution in [1.29, 1.82) is 0 Å². The van der Waals surface area contributed by atoms with Gasteiger partial charge in [0.25, 0.3) is 0 Å². The van der Waals surface area contributed by atoms with Crippen LogP contribution in [-0.2, 0) is 6.42 Å². The molecule has 0 aliphatic heterocycles. The van der Waals surface area contributed by atoms with E-state index >= 15 is 0 Å². The molecule has 1 rings (SSSR count). The lowest BCUT2D eigenvalue weighted by atomic mass is 9.84. The Hall–Kier alpha value is -0.890. The zero-order valence-corrected chi connectivity index (χ0v) is 11.6. The number of aryl methyl sites for hydroxylation is 1. The largest absolute Gasteiger partial charge is 0.314 e. The first-order valence-corrected chi connectivity index (χ1v) is 6.28. The van der Waals surface area contributed by atoms with Crippen LogP contribution in [0.25, 0.3) is 0 Å². The molecule has 0 unspecified atom stereocenters. The second-order valence-electron chi connectivity index (χ2n) is 5.95. The van der Waals surface area contributed by atoms with E-state index in [1.807, 2.05) is 13.0 Å². The minimum Gasteiger partial charge on any atom is -0.314 e. The van der Waals surface area contributed by atoms with Crippen LogP contribution >= 0.6 is 0 Å². The number of halogens is 1. The van der Waals surface area contributed by atoms with Crippen molar-refractivity contribution in [3.8, 4) is 0 Å². The van der Waals surface area contributed by atoms with E-state index in [1.165, 1.54) is 11.6 Å². The smallest absolute Gasteiger partial charge is 0.123 e. The van der Waals surface area contributed by atoms with Gasteiger partial charge in [-0.1, -0.05) is 33.8 Å². The Bertz CT molecular complexity index is 369. The van der Waals surface area contributed by atoms with E-state index in [1.54, 1.807) is 6.07 Å². The standard InChI is InChI=1S/C15H24FN/c1-11(2)17-10-15(4,5)9-13-8-14(16)7-6-12(13)3/h6-8,11,17H,9-10H2,1-5H3. The van der Waals surface area contributed by atoms with Gasteiger partial charge in [0, 0.05) is 12.6 Å². The van der Waals surface area contributed by atoms with Gasteiger partial charge < -0.3 is 5.32 Å². The van der Waals surface area contributed by atoms with Crippen LogP contribution < -0.4 is 5.32 Å². The van der Waals surface area contributed by atoms with E-state index in [0.29, 0.717) is 6.04 Å². The molecule has 0 spiro atoms. The molecule has 0 amide bonds. The van der Waals surface area contributed by atoms with E-state index in [2.05, 4.69) is 33.0 Å². The molecule has 0 atom stereocenters. The Morgan fingerprint density at radius 1 is 1.29 bits per heavy atom.